The predicted octanol–water partition coefficient (Wildman–Crippen LogP) is 2.39. The Kier molecular flexibility index (Phi) is 5.87. The van der Waals surface area contributed by atoms with Crippen LogP contribution >= 0.6 is 11.3 Å². The summed E-state index contributed by atoms with van der Waals surface area (Å²) in [5.41, 5.74) is 0. The second kappa shape index (κ2) is 8.09. The molecule has 1 amide bonds. The molecule has 3 rings (SSSR count). The lowest BCUT2D eigenvalue weighted by Gasteiger charge is -2.37. The van der Waals surface area contributed by atoms with E-state index in [-0.39, 0.29) is 0 Å². The van der Waals surface area contributed by atoms with Crippen LogP contribution in [-0.4, -0.2) is 61.1 Å². The Morgan fingerprint density at radius 3 is 2.91 bits per heavy atom. The van der Waals surface area contributed by atoms with Crippen LogP contribution in [-0.2, 0) is 16.0 Å². The van der Waals surface area contributed by atoms with Crippen LogP contribution < -0.4 is 0 Å². The van der Waals surface area contributed by atoms with Gasteiger partial charge in [-0.05, 0) is 37.1 Å². The number of hydrogen-bond acceptors (Lipinski definition) is 4. The average molecular weight is 322 g/mol. The Labute approximate surface area is 137 Å². The summed E-state index contributed by atoms with van der Waals surface area (Å²) in [7, 11) is 0. The van der Waals surface area contributed by atoms with Crippen molar-refractivity contribution in [1.29, 1.82) is 0 Å². The molecule has 3 heterocycles. The van der Waals surface area contributed by atoms with Crippen LogP contribution in [0.3, 0.4) is 0 Å². The van der Waals surface area contributed by atoms with Crippen molar-refractivity contribution in [3.8, 4) is 0 Å². The first-order chi connectivity index (χ1) is 10.8. The smallest absolute Gasteiger partial charge is 0.228 e. The van der Waals surface area contributed by atoms with E-state index in [1.807, 2.05) is 6.07 Å². The van der Waals surface area contributed by atoms with Crippen LogP contribution in [0.5, 0.6) is 0 Å². The number of thiophene rings is 1. The number of ether oxygens (including phenoxy) is 1. The molecule has 0 bridgehead atoms. The maximum atomic E-state index is 12.6. The average Bonchev–Trinajstić information content (AvgIpc) is 3.07. The van der Waals surface area contributed by atoms with Crippen LogP contribution in [0.4, 0.5) is 0 Å². The number of likely N-dealkylation sites (tertiary alicyclic amines) is 1. The van der Waals surface area contributed by atoms with Crippen molar-refractivity contribution in [3.05, 3.63) is 22.4 Å². The van der Waals surface area contributed by atoms with Crippen molar-refractivity contribution in [2.24, 2.45) is 0 Å². The molecule has 0 radical (unpaired) electrons. The minimum Gasteiger partial charge on any atom is -0.379 e. The highest BCUT2D eigenvalue weighted by atomic mass is 32.1. The number of carbonyl (C=O) groups excluding carboxylic acids is 1. The predicted molar refractivity (Wildman–Crippen MR) is 89.3 cm³/mol. The van der Waals surface area contributed by atoms with Gasteiger partial charge in [0.25, 0.3) is 0 Å². The van der Waals surface area contributed by atoms with Gasteiger partial charge in [-0.2, -0.15) is 0 Å². The highest BCUT2D eigenvalue weighted by Crippen LogP contribution is 2.22. The zero-order valence-electron chi connectivity index (χ0n) is 13.2. The first kappa shape index (κ1) is 16.0. The van der Waals surface area contributed by atoms with Crippen molar-refractivity contribution >= 4 is 17.2 Å². The number of nitrogens with zero attached hydrogens (tertiary/aromatic N) is 2. The van der Waals surface area contributed by atoms with E-state index in [1.54, 1.807) is 11.3 Å². The van der Waals surface area contributed by atoms with Gasteiger partial charge in [0.2, 0.25) is 5.91 Å². The van der Waals surface area contributed by atoms with E-state index in [2.05, 4.69) is 21.2 Å². The van der Waals surface area contributed by atoms with Gasteiger partial charge in [0.15, 0.2) is 0 Å². The zero-order valence-corrected chi connectivity index (χ0v) is 14.0. The normalized spacial score (nSPS) is 23.6. The summed E-state index contributed by atoms with van der Waals surface area (Å²) in [6.45, 7) is 5.82. The van der Waals surface area contributed by atoms with Crippen molar-refractivity contribution in [2.45, 2.75) is 38.1 Å². The van der Waals surface area contributed by atoms with Gasteiger partial charge in [0, 0.05) is 37.1 Å². The molecule has 4 nitrogen and oxygen atoms in total. The van der Waals surface area contributed by atoms with E-state index in [0.29, 0.717) is 18.4 Å². The van der Waals surface area contributed by atoms with Crippen molar-refractivity contribution in [2.75, 3.05) is 39.4 Å². The fourth-order valence-electron chi connectivity index (χ4n) is 3.45. The number of rotatable bonds is 5. The van der Waals surface area contributed by atoms with Crippen LogP contribution in [0.25, 0.3) is 0 Å². The molecule has 1 aromatic heterocycles. The van der Waals surface area contributed by atoms with Gasteiger partial charge in [-0.15, -0.1) is 11.3 Å². The lowest BCUT2D eigenvalue weighted by molar-refractivity contribution is -0.134. The lowest BCUT2D eigenvalue weighted by atomic mass is 9.98. The minimum absolute atomic E-state index is 0.314. The van der Waals surface area contributed by atoms with Crippen LogP contribution in [0.15, 0.2) is 17.5 Å². The molecule has 22 heavy (non-hydrogen) atoms. The van der Waals surface area contributed by atoms with Gasteiger partial charge in [0.1, 0.15) is 0 Å². The van der Waals surface area contributed by atoms with E-state index in [1.165, 1.54) is 17.7 Å². The molecule has 0 aliphatic carbocycles. The molecular weight excluding hydrogens is 296 g/mol. The second-order valence-electron chi connectivity index (χ2n) is 6.24. The summed E-state index contributed by atoms with van der Waals surface area (Å²) in [6.07, 6.45) is 5.27. The summed E-state index contributed by atoms with van der Waals surface area (Å²) in [4.78, 5) is 18.4. The Morgan fingerprint density at radius 2 is 2.14 bits per heavy atom. The number of hydrogen-bond donors (Lipinski definition) is 0. The summed E-state index contributed by atoms with van der Waals surface area (Å²) in [6, 6.07) is 4.53. The Morgan fingerprint density at radius 1 is 1.27 bits per heavy atom. The molecule has 2 fully saturated rings. The summed E-state index contributed by atoms with van der Waals surface area (Å²) < 4.78 is 5.40. The number of morpholine rings is 1. The van der Waals surface area contributed by atoms with Gasteiger partial charge >= 0.3 is 0 Å². The molecule has 2 saturated heterocycles. The maximum Gasteiger partial charge on any atom is 0.228 e. The largest absolute Gasteiger partial charge is 0.379 e. The minimum atomic E-state index is 0.314. The van der Waals surface area contributed by atoms with Crippen molar-refractivity contribution < 1.29 is 9.53 Å². The molecule has 2 aliphatic rings. The number of amides is 1. The first-order valence-corrected chi connectivity index (χ1v) is 9.33. The Balaban J connectivity index is 1.52. The second-order valence-corrected chi connectivity index (χ2v) is 7.27. The van der Waals surface area contributed by atoms with Gasteiger partial charge in [-0.1, -0.05) is 6.07 Å². The van der Waals surface area contributed by atoms with Crippen LogP contribution in [0.1, 0.15) is 30.6 Å². The Bertz CT molecular complexity index is 457. The molecule has 0 aromatic carbocycles. The summed E-state index contributed by atoms with van der Waals surface area (Å²) in [5.74, 6) is 0.314. The molecular formula is C17H26N2O2S. The zero-order chi connectivity index (χ0) is 15.2. The number of piperidine rings is 1. The SMILES string of the molecule is O=C(Cc1cccs1)N1CCCC[C@@H]1CCN1CCOCC1. The standard InChI is InChI=1S/C17H26N2O2S/c20-17(14-16-5-3-13-22-16)19-7-2-1-4-15(19)6-8-18-9-11-21-12-10-18/h3,5,13,15H,1-2,4,6-12,14H2/t15-/m1/s1. The van der Waals surface area contributed by atoms with E-state index in [9.17, 15) is 4.79 Å². The van der Waals surface area contributed by atoms with Gasteiger partial charge in [0.05, 0.1) is 19.6 Å². The van der Waals surface area contributed by atoms with E-state index < -0.39 is 0 Å². The summed E-state index contributed by atoms with van der Waals surface area (Å²) >= 11 is 1.68. The van der Waals surface area contributed by atoms with Gasteiger partial charge in [-0.3, -0.25) is 9.69 Å². The molecule has 1 aromatic rings. The third-order valence-corrected chi connectivity index (χ3v) is 5.61. The maximum absolute atomic E-state index is 12.6. The quantitative estimate of drug-likeness (QED) is 0.834. The van der Waals surface area contributed by atoms with Gasteiger partial charge < -0.3 is 9.64 Å². The number of carbonyl (C=O) groups is 1. The van der Waals surface area contributed by atoms with Crippen molar-refractivity contribution in [1.82, 2.24) is 9.80 Å². The Hall–Kier alpha value is -0.910. The molecule has 1 atom stereocenters. The molecule has 5 heteroatoms. The van der Waals surface area contributed by atoms with Crippen molar-refractivity contribution in [3.63, 3.8) is 0 Å². The van der Waals surface area contributed by atoms with Gasteiger partial charge in [-0.25, -0.2) is 0 Å². The summed E-state index contributed by atoms with van der Waals surface area (Å²) in [5, 5.41) is 2.05. The highest BCUT2D eigenvalue weighted by Gasteiger charge is 2.27. The molecule has 122 valence electrons. The molecule has 0 saturated carbocycles. The molecule has 0 spiro atoms. The first-order valence-electron chi connectivity index (χ1n) is 8.45. The molecule has 0 N–H and O–H groups in total. The third-order valence-electron chi connectivity index (χ3n) is 4.74. The highest BCUT2D eigenvalue weighted by molar-refractivity contribution is 7.10. The molecule has 0 unspecified atom stereocenters. The van der Waals surface area contributed by atoms with E-state index in [0.717, 1.165) is 52.2 Å². The van der Waals surface area contributed by atoms with Crippen LogP contribution in [0.2, 0.25) is 0 Å². The fourth-order valence-corrected chi connectivity index (χ4v) is 4.15. The fraction of sp³-hybridized carbons (Fsp3) is 0.706. The van der Waals surface area contributed by atoms with E-state index >= 15 is 0 Å². The topological polar surface area (TPSA) is 32.8 Å². The third kappa shape index (κ3) is 4.31. The molecule has 2 aliphatic heterocycles. The monoisotopic (exact) mass is 322 g/mol. The lowest BCUT2D eigenvalue weighted by Crippen LogP contribution is -2.46. The van der Waals surface area contributed by atoms with E-state index in [4.69, 9.17) is 4.74 Å². The van der Waals surface area contributed by atoms with Crippen LogP contribution in [0, 0.1) is 0 Å².